The molecule has 0 radical (unpaired) electrons. The number of unbranched alkanes of at least 4 members (excludes halogenated alkanes) is 5. The van der Waals surface area contributed by atoms with Crippen LogP contribution in [0.4, 0.5) is 0 Å². The standard InChI is InChI=1S/C13H27NO3/c1-3-5-6-7-8-9-10-16-11-12(14)13(15)17-4-2/h12H,3-11,14H2,1-2H3. The van der Waals surface area contributed by atoms with E-state index in [0.29, 0.717) is 13.2 Å². The summed E-state index contributed by atoms with van der Waals surface area (Å²) in [6.45, 7) is 5.28. The molecule has 102 valence electrons. The summed E-state index contributed by atoms with van der Waals surface area (Å²) in [6.07, 6.45) is 7.38. The second-order valence-corrected chi connectivity index (χ2v) is 4.20. The Kier molecular flexibility index (Phi) is 11.4. The van der Waals surface area contributed by atoms with Gasteiger partial charge >= 0.3 is 5.97 Å². The maximum absolute atomic E-state index is 11.2. The number of esters is 1. The summed E-state index contributed by atoms with van der Waals surface area (Å²) in [5.41, 5.74) is 5.58. The van der Waals surface area contributed by atoms with Crippen molar-refractivity contribution < 1.29 is 14.3 Å². The zero-order valence-corrected chi connectivity index (χ0v) is 11.2. The molecule has 0 saturated heterocycles. The van der Waals surface area contributed by atoms with E-state index in [9.17, 15) is 4.79 Å². The maximum Gasteiger partial charge on any atom is 0.325 e. The Labute approximate surface area is 105 Å². The summed E-state index contributed by atoms with van der Waals surface area (Å²) in [6, 6.07) is -0.643. The Balaban J connectivity index is 3.24. The highest BCUT2D eigenvalue weighted by Gasteiger charge is 2.13. The highest BCUT2D eigenvalue weighted by Crippen LogP contribution is 2.04. The SMILES string of the molecule is CCCCCCCCOCC(N)C(=O)OCC. The molecule has 0 aliphatic carbocycles. The van der Waals surface area contributed by atoms with Crippen molar-refractivity contribution in [1.82, 2.24) is 0 Å². The summed E-state index contributed by atoms with van der Waals surface area (Å²) in [7, 11) is 0. The van der Waals surface area contributed by atoms with E-state index in [1.54, 1.807) is 6.92 Å². The smallest absolute Gasteiger partial charge is 0.325 e. The van der Waals surface area contributed by atoms with E-state index in [-0.39, 0.29) is 12.6 Å². The lowest BCUT2D eigenvalue weighted by atomic mass is 10.1. The van der Waals surface area contributed by atoms with Crippen LogP contribution in [0, 0.1) is 0 Å². The molecule has 0 saturated carbocycles. The summed E-state index contributed by atoms with van der Waals surface area (Å²) < 4.78 is 10.1. The van der Waals surface area contributed by atoms with E-state index in [1.807, 2.05) is 0 Å². The van der Waals surface area contributed by atoms with Crippen LogP contribution in [0.25, 0.3) is 0 Å². The van der Waals surface area contributed by atoms with Gasteiger partial charge in [0.05, 0.1) is 13.2 Å². The van der Waals surface area contributed by atoms with Crippen LogP contribution in [0.15, 0.2) is 0 Å². The third-order valence-corrected chi connectivity index (χ3v) is 2.53. The second kappa shape index (κ2) is 11.9. The van der Waals surface area contributed by atoms with Crippen molar-refractivity contribution in [2.75, 3.05) is 19.8 Å². The Hall–Kier alpha value is -0.610. The third-order valence-electron chi connectivity index (χ3n) is 2.53. The molecular formula is C13H27NO3. The Bertz CT molecular complexity index is 186. The van der Waals surface area contributed by atoms with Crippen LogP contribution in [-0.2, 0) is 14.3 Å². The molecule has 17 heavy (non-hydrogen) atoms. The molecule has 4 heteroatoms. The van der Waals surface area contributed by atoms with Gasteiger partial charge in [-0.2, -0.15) is 0 Å². The van der Waals surface area contributed by atoms with Crippen LogP contribution in [0.1, 0.15) is 52.4 Å². The van der Waals surface area contributed by atoms with Gasteiger partial charge in [0, 0.05) is 6.61 Å². The topological polar surface area (TPSA) is 61.5 Å². The Morgan fingerprint density at radius 2 is 1.76 bits per heavy atom. The average Bonchev–Trinajstić information content (AvgIpc) is 2.32. The minimum atomic E-state index is -0.643. The zero-order chi connectivity index (χ0) is 12.9. The second-order valence-electron chi connectivity index (χ2n) is 4.20. The lowest BCUT2D eigenvalue weighted by molar-refractivity contribution is -0.146. The summed E-state index contributed by atoms with van der Waals surface area (Å²) in [5.74, 6) is -0.379. The van der Waals surface area contributed by atoms with Crippen molar-refractivity contribution in [1.29, 1.82) is 0 Å². The molecule has 0 spiro atoms. The van der Waals surface area contributed by atoms with Gasteiger partial charge in [-0.05, 0) is 13.3 Å². The van der Waals surface area contributed by atoms with E-state index < -0.39 is 6.04 Å². The first-order valence-corrected chi connectivity index (χ1v) is 6.72. The molecule has 0 bridgehead atoms. The zero-order valence-electron chi connectivity index (χ0n) is 11.2. The Morgan fingerprint density at radius 1 is 1.12 bits per heavy atom. The molecule has 1 unspecified atom stereocenters. The van der Waals surface area contributed by atoms with Crippen molar-refractivity contribution in [2.24, 2.45) is 5.73 Å². The van der Waals surface area contributed by atoms with Gasteiger partial charge in [-0.3, -0.25) is 4.79 Å². The normalized spacial score (nSPS) is 12.4. The maximum atomic E-state index is 11.2. The van der Waals surface area contributed by atoms with E-state index in [4.69, 9.17) is 15.2 Å². The van der Waals surface area contributed by atoms with E-state index >= 15 is 0 Å². The molecule has 0 rings (SSSR count). The van der Waals surface area contributed by atoms with Crippen LogP contribution in [0.3, 0.4) is 0 Å². The number of nitrogens with two attached hydrogens (primary N) is 1. The third kappa shape index (κ3) is 10.3. The van der Waals surface area contributed by atoms with Gasteiger partial charge in [-0.25, -0.2) is 0 Å². The van der Waals surface area contributed by atoms with Crippen LogP contribution in [0.2, 0.25) is 0 Å². The van der Waals surface area contributed by atoms with Crippen molar-refractivity contribution in [3.8, 4) is 0 Å². The molecule has 0 aliphatic rings. The molecule has 1 atom stereocenters. The average molecular weight is 245 g/mol. The van der Waals surface area contributed by atoms with Crippen molar-refractivity contribution >= 4 is 5.97 Å². The van der Waals surface area contributed by atoms with Crippen LogP contribution in [-0.4, -0.2) is 31.8 Å². The van der Waals surface area contributed by atoms with Gasteiger partial charge in [0.2, 0.25) is 0 Å². The molecule has 0 aromatic rings. The molecule has 0 aliphatic heterocycles. The summed E-state index contributed by atoms with van der Waals surface area (Å²) in [4.78, 5) is 11.2. The first-order chi connectivity index (χ1) is 8.22. The lowest BCUT2D eigenvalue weighted by Crippen LogP contribution is -2.36. The fourth-order valence-electron chi connectivity index (χ4n) is 1.51. The summed E-state index contributed by atoms with van der Waals surface area (Å²) in [5, 5.41) is 0. The molecule has 2 N–H and O–H groups in total. The molecule has 0 amide bonds. The highest BCUT2D eigenvalue weighted by atomic mass is 16.5. The molecular weight excluding hydrogens is 218 g/mol. The number of rotatable bonds is 11. The monoisotopic (exact) mass is 245 g/mol. The van der Waals surface area contributed by atoms with E-state index in [1.165, 1.54) is 32.1 Å². The van der Waals surface area contributed by atoms with Crippen LogP contribution < -0.4 is 5.73 Å². The van der Waals surface area contributed by atoms with Crippen molar-refractivity contribution in [2.45, 2.75) is 58.4 Å². The number of hydrogen-bond donors (Lipinski definition) is 1. The molecule has 0 heterocycles. The van der Waals surface area contributed by atoms with Crippen molar-refractivity contribution in [3.05, 3.63) is 0 Å². The summed E-state index contributed by atoms with van der Waals surface area (Å²) >= 11 is 0. The van der Waals surface area contributed by atoms with Gasteiger partial charge in [-0.15, -0.1) is 0 Å². The molecule has 0 aromatic carbocycles. The minimum Gasteiger partial charge on any atom is -0.465 e. The van der Waals surface area contributed by atoms with E-state index in [2.05, 4.69) is 6.92 Å². The van der Waals surface area contributed by atoms with Gasteiger partial charge in [0.15, 0.2) is 0 Å². The predicted octanol–water partition coefficient (Wildman–Crippen LogP) is 2.25. The van der Waals surface area contributed by atoms with Gasteiger partial charge < -0.3 is 15.2 Å². The van der Waals surface area contributed by atoms with Gasteiger partial charge in [0.25, 0.3) is 0 Å². The lowest BCUT2D eigenvalue weighted by Gasteiger charge is -2.10. The Morgan fingerprint density at radius 3 is 2.41 bits per heavy atom. The first-order valence-electron chi connectivity index (χ1n) is 6.72. The minimum absolute atomic E-state index is 0.258. The number of carbonyl (C=O) groups excluding carboxylic acids is 1. The van der Waals surface area contributed by atoms with Crippen LogP contribution in [0.5, 0.6) is 0 Å². The van der Waals surface area contributed by atoms with Gasteiger partial charge in [-0.1, -0.05) is 39.0 Å². The number of ether oxygens (including phenoxy) is 2. The van der Waals surface area contributed by atoms with Crippen LogP contribution >= 0.6 is 0 Å². The predicted molar refractivity (Wildman–Crippen MR) is 68.8 cm³/mol. The number of hydrogen-bond acceptors (Lipinski definition) is 4. The van der Waals surface area contributed by atoms with Gasteiger partial charge in [0.1, 0.15) is 6.04 Å². The van der Waals surface area contributed by atoms with E-state index in [0.717, 1.165) is 6.42 Å². The fraction of sp³-hybridized carbons (Fsp3) is 0.923. The molecule has 0 fully saturated rings. The largest absolute Gasteiger partial charge is 0.465 e. The molecule has 0 aromatic heterocycles. The molecule has 4 nitrogen and oxygen atoms in total. The number of carbonyl (C=O) groups is 1. The van der Waals surface area contributed by atoms with Crippen molar-refractivity contribution in [3.63, 3.8) is 0 Å². The fourth-order valence-corrected chi connectivity index (χ4v) is 1.51. The first kappa shape index (κ1) is 16.4. The highest BCUT2D eigenvalue weighted by molar-refractivity contribution is 5.75. The quantitative estimate of drug-likeness (QED) is 0.448.